The Morgan fingerprint density at radius 1 is 1.32 bits per heavy atom. The Kier molecular flexibility index (Phi) is 3.35. The fraction of sp³-hybridized carbons (Fsp3) is 0.200. The molecule has 1 aromatic heterocycles. The summed E-state index contributed by atoms with van der Waals surface area (Å²) in [6.45, 7) is 2.39. The molecular formula is C15H13N5O2. The van der Waals surface area contributed by atoms with Gasteiger partial charge in [0.2, 0.25) is 5.91 Å². The summed E-state index contributed by atoms with van der Waals surface area (Å²) in [5, 5.41) is 18.4. The zero-order chi connectivity index (χ0) is 15.7. The molecule has 0 fully saturated rings. The lowest BCUT2D eigenvalue weighted by molar-refractivity contribution is -0.129. The van der Waals surface area contributed by atoms with Gasteiger partial charge >= 0.3 is 0 Å². The maximum Gasteiger partial charge on any atom is 0.256 e. The average Bonchev–Trinajstić information content (AvgIpc) is 3.09. The van der Waals surface area contributed by atoms with Crippen molar-refractivity contribution in [3.05, 3.63) is 46.6 Å². The van der Waals surface area contributed by atoms with Crippen LogP contribution in [0.4, 0.5) is 5.82 Å². The van der Waals surface area contributed by atoms with Crippen LogP contribution in [0.2, 0.25) is 0 Å². The summed E-state index contributed by atoms with van der Waals surface area (Å²) in [4.78, 5) is 25.3. The third kappa shape index (κ3) is 2.42. The number of carbonyl (C=O) groups is 2. The van der Waals surface area contributed by atoms with Crippen LogP contribution in [0.1, 0.15) is 34.1 Å². The van der Waals surface area contributed by atoms with E-state index in [1.165, 1.54) is 6.92 Å². The molecule has 7 nitrogen and oxygen atoms in total. The zero-order valence-electron chi connectivity index (χ0n) is 11.9. The molecule has 3 rings (SSSR count). The molecule has 0 saturated carbocycles. The van der Waals surface area contributed by atoms with E-state index < -0.39 is 0 Å². The number of aromatic nitrogens is 2. The monoisotopic (exact) mass is 295 g/mol. The number of benzene rings is 1. The molecule has 1 aliphatic rings. The largest absolute Gasteiger partial charge is 0.332 e. The highest BCUT2D eigenvalue weighted by atomic mass is 16.2. The van der Waals surface area contributed by atoms with Crippen molar-refractivity contribution in [1.29, 1.82) is 5.26 Å². The third-order valence-electron chi connectivity index (χ3n) is 3.60. The number of aromatic amines is 1. The summed E-state index contributed by atoms with van der Waals surface area (Å²) in [7, 11) is 0. The standard InChI is InChI=1S/C15H13N5O2/c1-9(21)20-7-12-13(8-20)18-19-14(12)17-15(22)11-4-2-10(6-16)3-5-11/h2-5H,7-8H2,1H3,(H2,17,18,19,22). The maximum atomic E-state index is 12.2. The predicted molar refractivity (Wildman–Crippen MR) is 77.6 cm³/mol. The summed E-state index contributed by atoms with van der Waals surface area (Å²) >= 11 is 0. The first-order chi connectivity index (χ1) is 10.6. The molecule has 1 aliphatic heterocycles. The Balaban J connectivity index is 1.76. The normalized spacial score (nSPS) is 12.6. The van der Waals surface area contributed by atoms with Crippen molar-refractivity contribution < 1.29 is 9.59 Å². The minimum absolute atomic E-state index is 0.0256. The molecule has 7 heteroatoms. The van der Waals surface area contributed by atoms with Crippen molar-refractivity contribution in [2.45, 2.75) is 20.0 Å². The predicted octanol–water partition coefficient (Wildman–Crippen LogP) is 1.40. The van der Waals surface area contributed by atoms with Crippen LogP contribution in [-0.2, 0) is 17.9 Å². The molecule has 0 bridgehead atoms. The van der Waals surface area contributed by atoms with Crippen molar-refractivity contribution >= 4 is 17.6 Å². The highest BCUT2D eigenvalue weighted by molar-refractivity contribution is 6.04. The van der Waals surface area contributed by atoms with Crippen LogP contribution in [0.3, 0.4) is 0 Å². The van der Waals surface area contributed by atoms with E-state index in [4.69, 9.17) is 5.26 Å². The Labute approximate surface area is 126 Å². The molecule has 0 spiro atoms. The van der Waals surface area contributed by atoms with Crippen molar-refractivity contribution in [2.75, 3.05) is 5.32 Å². The average molecular weight is 295 g/mol. The number of hydrogen-bond donors (Lipinski definition) is 2. The van der Waals surface area contributed by atoms with Crippen molar-refractivity contribution in [3.8, 4) is 6.07 Å². The first kappa shape index (κ1) is 13.8. The van der Waals surface area contributed by atoms with Crippen LogP contribution in [0.25, 0.3) is 0 Å². The molecule has 1 aromatic carbocycles. The van der Waals surface area contributed by atoms with Crippen LogP contribution < -0.4 is 5.32 Å². The van der Waals surface area contributed by atoms with E-state index in [1.54, 1.807) is 29.2 Å². The molecule has 110 valence electrons. The van der Waals surface area contributed by atoms with Gasteiger partial charge in [-0.25, -0.2) is 0 Å². The van der Waals surface area contributed by atoms with Gasteiger partial charge in [0.1, 0.15) is 5.82 Å². The number of nitrogens with one attached hydrogen (secondary N) is 2. The van der Waals surface area contributed by atoms with E-state index in [-0.39, 0.29) is 11.8 Å². The summed E-state index contributed by atoms with van der Waals surface area (Å²) in [5.74, 6) is 0.188. The molecule has 0 aliphatic carbocycles. The topological polar surface area (TPSA) is 102 Å². The van der Waals surface area contributed by atoms with Gasteiger partial charge in [0.25, 0.3) is 5.91 Å². The number of anilines is 1. The van der Waals surface area contributed by atoms with Gasteiger partial charge in [0, 0.05) is 18.1 Å². The van der Waals surface area contributed by atoms with Gasteiger partial charge in [-0.15, -0.1) is 0 Å². The summed E-state index contributed by atoms with van der Waals surface area (Å²) in [5.41, 5.74) is 2.54. The Hall–Kier alpha value is -3.14. The van der Waals surface area contributed by atoms with E-state index in [1.807, 2.05) is 6.07 Å². The molecule has 0 radical (unpaired) electrons. The molecule has 2 N–H and O–H groups in total. The van der Waals surface area contributed by atoms with Crippen LogP contribution in [0, 0.1) is 11.3 Å². The maximum absolute atomic E-state index is 12.2. The van der Waals surface area contributed by atoms with Gasteiger partial charge in [-0.1, -0.05) is 0 Å². The lowest BCUT2D eigenvalue weighted by Crippen LogP contribution is -2.23. The van der Waals surface area contributed by atoms with E-state index in [2.05, 4.69) is 15.5 Å². The number of hydrogen-bond acceptors (Lipinski definition) is 4. The highest BCUT2D eigenvalue weighted by Gasteiger charge is 2.27. The third-order valence-corrected chi connectivity index (χ3v) is 3.60. The number of carbonyl (C=O) groups excluding carboxylic acids is 2. The lowest BCUT2D eigenvalue weighted by atomic mass is 10.1. The summed E-state index contributed by atoms with van der Waals surface area (Å²) < 4.78 is 0. The lowest BCUT2D eigenvalue weighted by Gasteiger charge is -2.12. The fourth-order valence-corrected chi connectivity index (χ4v) is 2.34. The fourth-order valence-electron chi connectivity index (χ4n) is 2.34. The molecule has 2 amide bonds. The first-order valence-electron chi connectivity index (χ1n) is 6.71. The molecule has 22 heavy (non-hydrogen) atoms. The smallest absolute Gasteiger partial charge is 0.256 e. The minimum Gasteiger partial charge on any atom is -0.332 e. The number of nitriles is 1. The zero-order valence-corrected chi connectivity index (χ0v) is 11.9. The second-order valence-corrected chi connectivity index (χ2v) is 5.04. The molecule has 2 heterocycles. The number of rotatable bonds is 2. The minimum atomic E-state index is -0.294. The number of H-pyrrole nitrogens is 1. The highest BCUT2D eigenvalue weighted by Crippen LogP contribution is 2.27. The Bertz CT molecular complexity index is 785. The Morgan fingerprint density at radius 3 is 2.68 bits per heavy atom. The van der Waals surface area contributed by atoms with Crippen molar-refractivity contribution in [1.82, 2.24) is 15.1 Å². The van der Waals surface area contributed by atoms with Crippen LogP contribution in [-0.4, -0.2) is 26.9 Å². The second kappa shape index (κ2) is 5.33. The number of amides is 2. The van der Waals surface area contributed by atoms with Crippen LogP contribution in [0.15, 0.2) is 24.3 Å². The molecule has 0 unspecified atom stereocenters. The van der Waals surface area contributed by atoms with Gasteiger partial charge in [0.15, 0.2) is 0 Å². The van der Waals surface area contributed by atoms with Gasteiger partial charge in [0.05, 0.1) is 30.4 Å². The molecular weight excluding hydrogens is 282 g/mol. The summed E-state index contributed by atoms with van der Waals surface area (Å²) in [6, 6.07) is 8.36. The van der Waals surface area contributed by atoms with E-state index in [0.29, 0.717) is 30.0 Å². The molecule has 0 saturated heterocycles. The summed E-state index contributed by atoms with van der Waals surface area (Å²) in [6.07, 6.45) is 0. The van der Waals surface area contributed by atoms with Crippen molar-refractivity contribution in [2.24, 2.45) is 0 Å². The van der Waals surface area contributed by atoms with Crippen LogP contribution in [0.5, 0.6) is 0 Å². The first-order valence-corrected chi connectivity index (χ1v) is 6.71. The second-order valence-electron chi connectivity index (χ2n) is 5.04. The van der Waals surface area contributed by atoms with E-state index in [0.717, 1.165) is 11.3 Å². The van der Waals surface area contributed by atoms with Gasteiger partial charge < -0.3 is 10.2 Å². The Morgan fingerprint density at radius 2 is 2.05 bits per heavy atom. The van der Waals surface area contributed by atoms with Crippen molar-refractivity contribution in [3.63, 3.8) is 0 Å². The molecule has 2 aromatic rings. The van der Waals surface area contributed by atoms with E-state index in [9.17, 15) is 9.59 Å². The van der Waals surface area contributed by atoms with Gasteiger partial charge in [-0.05, 0) is 24.3 Å². The van der Waals surface area contributed by atoms with E-state index >= 15 is 0 Å². The van der Waals surface area contributed by atoms with Crippen LogP contribution >= 0.6 is 0 Å². The SMILES string of the molecule is CC(=O)N1Cc2n[nH]c(NC(=O)c3ccc(C#N)cc3)c2C1. The number of fused-ring (bicyclic) bond motifs is 1. The quantitative estimate of drug-likeness (QED) is 0.874. The van der Waals surface area contributed by atoms with Gasteiger partial charge in [-0.3, -0.25) is 14.7 Å². The molecule has 0 atom stereocenters. The van der Waals surface area contributed by atoms with Gasteiger partial charge in [-0.2, -0.15) is 10.4 Å². The number of nitrogens with zero attached hydrogens (tertiary/aromatic N) is 3.